The van der Waals surface area contributed by atoms with Gasteiger partial charge in [-0.2, -0.15) is 0 Å². The first-order valence-corrected chi connectivity index (χ1v) is 5.80. The van der Waals surface area contributed by atoms with Gasteiger partial charge >= 0.3 is 0 Å². The van der Waals surface area contributed by atoms with Gasteiger partial charge in [0.1, 0.15) is 0 Å². The molecule has 84 valence electrons. The number of ketones is 2. The molecule has 0 amide bonds. The second kappa shape index (κ2) is 3.05. The zero-order valence-corrected chi connectivity index (χ0v) is 9.44. The van der Waals surface area contributed by atoms with Crippen molar-refractivity contribution in [2.24, 2.45) is 0 Å². The molecular weight excluding hydrogens is 224 g/mol. The number of carbonyl (C=O) groups is 2. The Bertz CT molecular complexity index is 795. The van der Waals surface area contributed by atoms with Gasteiger partial charge in [0.15, 0.2) is 0 Å². The SMILES string of the molecule is O=C1C=Cc2ccc3c4c(ccc(c24)C1=O)C=C3. The zero-order valence-electron chi connectivity index (χ0n) is 9.44. The summed E-state index contributed by atoms with van der Waals surface area (Å²) in [5.41, 5.74) is 3.68. The van der Waals surface area contributed by atoms with Crippen LogP contribution in [0.5, 0.6) is 0 Å². The summed E-state index contributed by atoms with van der Waals surface area (Å²) in [6, 6.07) is 7.65. The number of Topliss-reactive ketones (excluding diaryl/α,β-unsaturated/α-hetero) is 1. The number of hydrogen-bond acceptors (Lipinski definition) is 2. The van der Waals surface area contributed by atoms with Crippen LogP contribution >= 0.6 is 0 Å². The van der Waals surface area contributed by atoms with Crippen LogP contribution in [0.25, 0.3) is 29.0 Å². The molecule has 2 aliphatic carbocycles. The van der Waals surface area contributed by atoms with E-state index < -0.39 is 11.6 Å². The first kappa shape index (κ1) is 9.54. The molecule has 2 aromatic rings. The third kappa shape index (κ3) is 1.02. The molecule has 0 bridgehead atoms. The lowest BCUT2D eigenvalue weighted by Gasteiger charge is -2.08. The molecule has 0 heterocycles. The molecule has 18 heavy (non-hydrogen) atoms. The van der Waals surface area contributed by atoms with Crippen molar-refractivity contribution in [3.05, 3.63) is 52.6 Å². The van der Waals surface area contributed by atoms with E-state index in [4.69, 9.17) is 0 Å². The molecule has 2 aliphatic rings. The molecule has 0 spiro atoms. The minimum absolute atomic E-state index is 0.416. The molecule has 0 saturated heterocycles. The summed E-state index contributed by atoms with van der Waals surface area (Å²) in [7, 11) is 0. The smallest absolute Gasteiger partial charge is 0.233 e. The van der Waals surface area contributed by atoms with Crippen LogP contribution in [-0.2, 0) is 4.79 Å². The maximum atomic E-state index is 12.0. The summed E-state index contributed by atoms with van der Waals surface area (Å²) in [5.74, 6) is -0.866. The number of allylic oxidation sites excluding steroid dienone is 1. The average Bonchev–Trinajstić information content (AvgIpc) is 2.77. The lowest BCUT2D eigenvalue weighted by molar-refractivity contribution is -0.110. The Hall–Kier alpha value is -2.48. The summed E-state index contributed by atoms with van der Waals surface area (Å²) in [6.07, 6.45) is 7.18. The lowest BCUT2D eigenvalue weighted by Crippen LogP contribution is -2.10. The molecular formula is C16H8O2. The van der Waals surface area contributed by atoms with Gasteiger partial charge in [0.2, 0.25) is 11.6 Å². The molecule has 0 fully saturated rings. The summed E-state index contributed by atoms with van der Waals surface area (Å²) < 4.78 is 0. The highest BCUT2D eigenvalue weighted by molar-refractivity contribution is 6.51. The monoisotopic (exact) mass is 232 g/mol. The van der Waals surface area contributed by atoms with Crippen molar-refractivity contribution >= 4 is 40.6 Å². The molecule has 2 aromatic carbocycles. The topological polar surface area (TPSA) is 34.1 Å². The Balaban J connectivity index is 2.28. The Labute approximate surface area is 103 Å². The van der Waals surface area contributed by atoms with Gasteiger partial charge in [-0.15, -0.1) is 0 Å². The highest BCUT2D eigenvalue weighted by Gasteiger charge is 2.23. The fourth-order valence-corrected chi connectivity index (χ4v) is 2.74. The van der Waals surface area contributed by atoms with E-state index in [1.165, 1.54) is 6.08 Å². The fraction of sp³-hybridized carbons (Fsp3) is 0. The van der Waals surface area contributed by atoms with Crippen molar-refractivity contribution in [1.82, 2.24) is 0 Å². The van der Waals surface area contributed by atoms with E-state index >= 15 is 0 Å². The van der Waals surface area contributed by atoms with Crippen LogP contribution < -0.4 is 0 Å². The van der Waals surface area contributed by atoms with Crippen LogP contribution in [0.4, 0.5) is 0 Å². The van der Waals surface area contributed by atoms with E-state index in [0.29, 0.717) is 5.56 Å². The van der Waals surface area contributed by atoms with Gasteiger partial charge in [0, 0.05) is 10.9 Å². The van der Waals surface area contributed by atoms with Gasteiger partial charge in [-0.1, -0.05) is 36.4 Å². The Kier molecular flexibility index (Phi) is 1.61. The summed E-state index contributed by atoms with van der Waals surface area (Å²) in [4.78, 5) is 23.7. The highest BCUT2D eigenvalue weighted by Crippen LogP contribution is 2.37. The van der Waals surface area contributed by atoms with Crippen molar-refractivity contribution in [3.8, 4) is 0 Å². The van der Waals surface area contributed by atoms with Crippen molar-refractivity contribution < 1.29 is 9.59 Å². The van der Waals surface area contributed by atoms with Crippen molar-refractivity contribution in [3.63, 3.8) is 0 Å². The molecule has 0 aliphatic heterocycles. The van der Waals surface area contributed by atoms with E-state index in [1.807, 2.05) is 30.4 Å². The molecule has 2 heteroatoms. The first-order chi connectivity index (χ1) is 8.75. The van der Waals surface area contributed by atoms with Crippen LogP contribution in [0.2, 0.25) is 0 Å². The Morgan fingerprint density at radius 3 is 1.89 bits per heavy atom. The maximum absolute atomic E-state index is 12.0. The highest BCUT2D eigenvalue weighted by atomic mass is 16.2. The molecule has 0 unspecified atom stereocenters. The molecule has 0 N–H and O–H groups in total. The van der Waals surface area contributed by atoms with E-state index in [2.05, 4.69) is 0 Å². The molecule has 0 radical (unpaired) electrons. The van der Waals surface area contributed by atoms with Crippen molar-refractivity contribution in [1.29, 1.82) is 0 Å². The van der Waals surface area contributed by atoms with Gasteiger partial charge in [-0.25, -0.2) is 0 Å². The maximum Gasteiger partial charge on any atom is 0.233 e. The number of rotatable bonds is 0. The van der Waals surface area contributed by atoms with Crippen LogP contribution in [0.3, 0.4) is 0 Å². The summed E-state index contributed by atoms with van der Waals surface area (Å²) >= 11 is 0. The molecule has 0 atom stereocenters. The van der Waals surface area contributed by atoms with Crippen molar-refractivity contribution in [2.75, 3.05) is 0 Å². The fourth-order valence-electron chi connectivity index (χ4n) is 2.74. The van der Waals surface area contributed by atoms with Gasteiger partial charge in [0.25, 0.3) is 0 Å². The average molecular weight is 232 g/mol. The summed E-state index contributed by atoms with van der Waals surface area (Å²) in [6.45, 7) is 0. The van der Waals surface area contributed by atoms with E-state index in [0.717, 1.165) is 27.5 Å². The quantitative estimate of drug-likeness (QED) is 0.558. The molecule has 4 rings (SSSR count). The van der Waals surface area contributed by atoms with Crippen LogP contribution in [-0.4, -0.2) is 11.6 Å². The van der Waals surface area contributed by atoms with Crippen molar-refractivity contribution in [2.45, 2.75) is 0 Å². The predicted molar refractivity (Wildman–Crippen MR) is 71.2 cm³/mol. The second-order valence-corrected chi connectivity index (χ2v) is 4.56. The predicted octanol–water partition coefficient (Wildman–Crippen LogP) is 3.10. The number of benzene rings is 2. The zero-order chi connectivity index (χ0) is 12.3. The first-order valence-electron chi connectivity index (χ1n) is 5.80. The van der Waals surface area contributed by atoms with Gasteiger partial charge < -0.3 is 0 Å². The molecule has 2 nitrogen and oxygen atoms in total. The molecule has 0 aromatic heterocycles. The van der Waals surface area contributed by atoms with Crippen LogP contribution in [0.15, 0.2) is 30.3 Å². The minimum atomic E-state index is -0.450. The van der Waals surface area contributed by atoms with E-state index in [1.54, 1.807) is 12.1 Å². The van der Waals surface area contributed by atoms with Crippen LogP contribution in [0, 0.1) is 0 Å². The molecule has 0 saturated carbocycles. The van der Waals surface area contributed by atoms with E-state index in [9.17, 15) is 9.59 Å². The lowest BCUT2D eigenvalue weighted by atomic mass is 9.94. The Morgan fingerprint density at radius 1 is 0.611 bits per heavy atom. The normalized spacial score (nSPS) is 15.6. The second-order valence-electron chi connectivity index (χ2n) is 4.56. The van der Waals surface area contributed by atoms with E-state index in [-0.39, 0.29) is 0 Å². The van der Waals surface area contributed by atoms with Crippen LogP contribution in [0.1, 0.15) is 27.0 Å². The van der Waals surface area contributed by atoms with Gasteiger partial charge in [-0.3, -0.25) is 9.59 Å². The summed E-state index contributed by atoms with van der Waals surface area (Å²) in [5, 5.41) is 1.99. The number of hydrogen-bond donors (Lipinski definition) is 0. The standard InChI is InChI=1S/C16H8O2/c17-13-8-6-11-4-3-9-1-2-10-5-7-12(16(13)18)15(11)14(9)10/h1-8H. The largest absolute Gasteiger partial charge is 0.286 e. The Morgan fingerprint density at radius 2 is 1.17 bits per heavy atom. The third-order valence-corrected chi connectivity index (χ3v) is 3.58. The van der Waals surface area contributed by atoms with Gasteiger partial charge in [0.05, 0.1) is 0 Å². The van der Waals surface area contributed by atoms with Gasteiger partial charge in [-0.05, 0) is 34.2 Å². The number of carbonyl (C=O) groups excluding carboxylic acids is 2. The third-order valence-electron chi connectivity index (χ3n) is 3.58. The minimum Gasteiger partial charge on any atom is -0.286 e.